The highest BCUT2D eigenvalue weighted by molar-refractivity contribution is 9.10. The predicted molar refractivity (Wildman–Crippen MR) is 133 cm³/mol. The summed E-state index contributed by atoms with van der Waals surface area (Å²) in [7, 11) is 0. The number of Topliss-reactive ketones (excluding diaryl/α,β-unsaturated/α-hetero) is 1. The van der Waals surface area contributed by atoms with Gasteiger partial charge in [-0.2, -0.15) is 0 Å². The number of hydrogen-bond acceptors (Lipinski definition) is 6. The molecule has 2 unspecified atom stereocenters. The van der Waals surface area contributed by atoms with Gasteiger partial charge in [-0.3, -0.25) is 14.5 Å². The number of likely N-dealkylation sites (tertiary alicyclic amines) is 1. The monoisotopic (exact) mass is 551 g/mol. The summed E-state index contributed by atoms with van der Waals surface area (Å²) < 4.78 is 26.6. The van der Waals surface area contributed by atoms with Gasteiger partial charge in [-0.05, 0) is 56.2 Å². The molecule has 1 spiro atoms. The molecule has 2 atom stereocenters. The highest BCUT2D eigenvalue weighted by Crippen LogP contribution is 2.54. The molecule has 4 N–H and O–H groups in total. The fourth-order valence-electron chi connectivity index (χ4n) is 5.70. The lowest BCUT2D eigenvalue weighted by molar-refractivity contribution is -0.123. The Morgan fingerprint density at radius 2 is 1.63 bits per heavy atom. The van der Waals surface area contributed by atoms with Crippen LogP contribution in [0.2, 0.25) is 0 Å². The summed E-state index contributed by atoms with van der Waals surface area (Å²) in [6.07, 6.45) is 5.57. The van der Waals surface area contributed by atoms with Crippen molar-refractivity contribution in [3.63, 3.8) is 0 Å². The molecule has 1 amide bonds. The van der Waals surface area contributed by atoms with E-state index in [1.54, 1.807) is 24.0 Å². The largest absolute Gasteiger partial charge is 0.371 e. The highest BCUT2D eigenvalue weighted by Gasteiger charge is 2.55. The van der Waals surface area contributed by atoms with E-state index in [2.05, 4.69) is 31.5 Å². The lowest BCUT2D eigenvalue weighted by Gasteiger charge is -2.51. The van der Waals surface area contributed by atoms with Crippen LogP contribution in [0.5, 0.6) is 0 Å². The first kappa shape index (κ1) is 24.6. The van der Waals surface area contributed by atoms with Crippen LogP contribution in [0.4, 0.5) is 14.5 Å². The Labute approximate surface area is 212 Å². The Kier molecular flexibility index (Phi) is 6.00. The molecule has 3 heterocycles. The van der Waals surface area contributed by atoms with Crippen LogP contribution >= 0.6 is 15.9 Å². The minimum absolute atomic E-state index is 0.0255. The van der Waals surface area contributed by atoms with Crippen molar-refractivity contribution in [2.45, 2.75) is 61.6 Å². The molecular weight excluding hydrogens is 520 g/mol. The molecule has 1 aliphatic carbocycles. The fraction of sp³-hybridized carbons (Fsp3) is 0.600. The predicted octanol–water partition coefficient (Wildman–Crippen LogP) is 3.31. The molecule has 190 valence electrons. The number of amides is 1. The van der Waals surface area contributed by atoms with E-state index in [-0.39, 0.29) is 31.7 Å². The van der Waals surface area contributed by atoms with Gasteiger partial charge in [0, 0.05) is 56.0 Å². The number of nitrogens with one attached hydrogen (secondary N) is 2. The number of allylic oxidation sites excluding steroid dienone is 1. The maximum Gasteiger partial charge on any atom is 0.253 e. The molecule has 3 aliphatic heterocycles. The maximum atomic E-state index is 14.5. The van der Waals surface area contributed by atoms with Crippen LogP contribution in [0.25, 0.3) is 0 Å². The Hall–Kier alpha value is -2.04. The van der Waals surface area contributed by atoms with E-state index < -0.39 is 22.1 Å². The highest BCUT2D eigenvalue weighted by atomic mass is 79.9. The van der Waals surface area contributed by atoms with Crippen molar-refractivity contribution in [3.8, 4) is 0 Å². The van der Waals surface area contributed by atoms with Crippen LogP contribution in [0.1, 0.15) is 55.8 Å². The van der Waals surface area contributed by atoms with Crippen molar-refractivity contribution in [1.29, 1.82) is 0 Å². The zero-order chi connectivity index (χ0) is 25.1. The molecule has 10 heteroatoms. The Morgan fingerprint density at radius 1 is 1.00 bits per heavy atom. The Balaban J connectivity index is 1.54. The van der Waals surface area contributed by atoms with E-state index >= 15 is 0 Å². The summed E-state index contributed by atoms with van der Waals surface area (Å²) in [6.45, 7) is 3.42. The minimum Gasteiger partial charge on any atom is -0.371 e. The number of carbonyl (C=O) groups is 2. The second kappa shape index (κ2) is 8.52. The van der Waals surface area contributed by atoms with Crippen LogP contribution in [0, 0.1) is 5.41 Å². The van der Waals surface area contributed by atoms with Crippen LogP contribution in [0.3, 0.4) is 0 Å². The zero-order valence-electron chi connectivity index (χ0n) is 19.9. The number of ketones is 1. The number of hydrogen-bond donors (Lipinski definition) is 3. The Morgan fingerprint density at radius 3 is 2.23 bits per heavy atom. The third kappa shape index (κ3) is 4.49. The summed E-state index contributed by atoms with van der Waals surface area (Å²) in [5, 5.41) is 6.30. The van der Waals surface area contributed by atoms with Gasteiger partial charge in [0.25, 0.3) is 11.8 Å². The van der Waals surface area contributed by atoms with Crippen LogP contribution in [-0.2, 0) is 4.79 Å². The van der Waals surface area contributed by atoms with Gasteiger partial charge < -0.3 is 16.0 Å². The van der Waals surface area contributed by atoms with Crippen molar-refractivity contribution in [3.05, 3.63) is 41.6 Å². The zero-order valence-corrected chi connectivity index (χ0v) is 21.5. The molecule has 0 aromatic heterocycles. The number of primary amides is 1. The number of nitrogens with two attached hydrogens (primary N) is 1. The number of alkyl halides is 3. The quantitative estimate of drug-likeness (QED) is 0.295. The van der Waals surface area contributed by atoms with Crippen molar-refractivity contribution >= 4 is 33.3 Å². The molecule has 4 aliphatic rings. The van der Waals surface area contributed by atoms with E-state index in [9.17, 15) is 18.4 Å². The van der Waals surface area contributed by atoms with Gasteiger partial charge >= 0.3 is 0 Å². The van der Waals surface area contributed by atoms with Crippen molar-refractivity contribution in [2.24, 2.45) is 11.1 Å². The van der Waals surface area contributed by atoms with Crippen molar-refractivity contribution in [1.82, 2.24) is 15.5 Å². The number of rotatable bonds is 5. The third-order valence-corrected chi connectivity index (χ3v) is 8.90. The molecule has 1 aromatic rings. The summed E-state index contributed by atoms with van der Waals surface area (Å²) >= 11 is 3.38. The fourth-order valence-corrected chi connectivity index (χ4v) is 6.33. The van der Waals surface area contributed by atoms with Gasteiger partial charge in [-0.15, -0.1) is 0 Å². The van der Waals surface area contributed by atoms with E-state index in [4.69, 9.17) is 5.73 Å². The molecule has 1 aromatic carbocycles. The summed E-state index contributed by atoms with van der Waals surface area (Å²) in [5.74, 6) is -5.48. The number of halogens is 3. The molecule has 0 radical (unpaired) electrons. The first-order valence-corrected chi connectivity index (χ1v) is 13.0. The lowest BCUT2D eigenvalue weighted by atomic mass is 9.91. The normalized spacial score (nSPS) is 32.0. The van der Waals surface area contributed by atoms with Crippen LogP contribution < -0.4 is 21.3 Å². The second-order valence-electron chi connectivity index (χ2n) is 10.5. The summed E-state index contributed by atoms with van der Waals surface area (Å²) in [5.41, 5.74) is 8.02. The number of para-hydroxylation sites is 1. The van der Waals surface area contributed by atoms with Gasteiger partial charge in [0.05, 0.1) is 0 Å². The molecule has 1 saturated carbocycles. The summed E-state index contributed by atoms with van der Waals surface area (Å²) in [6, 6.07) is 7.43. The van der Waals surface area contributed by atoms with Gasteiger partial charge in [0.2, 0.25) is 11.6 Å². The molecule has 3 fully saturated rings. The second-order valence-corrected chi connectivity index (χ2v) is 11.8. The van der Waals surface area contributed by atoms with Crippen LogP contribution in [-0.4, -0.2) is 58.9 Å². The third-order valence-electron chi connectivity index (χ3n) is 8.08. The Bertz CT molecular complexity index is 1060. The minimum atomic E-state index is -2.79. The maximum absolute atomic E-state index is 14.5. The number of benzene rings is 1. The average Bonchev–Trinajstić information content (AvgIpc) is 3.57. The average molecular weight is 552 g/mol. The number of anilines is 1. The van der Waals surface area contributed by atoms with Crippen LogP contribution in [0.15, 0.2) is 36.0 Å². The topological polar surface area (TPSA) is 90.7 Å². The van der Waals surface area contributed by atoms with E-state index in [1.165, 1.54) is 12.8 Å². The molecule has 0 bridgehead atoms. The van der Waals surface area contributed by atoms with E-state index in [0.717, 1.165) is 31.6 Å². The van der Waals surface area contributed by atoms with Gasteiger partial charge in [-0.25, -0.2) is 14.1 Å². The first-order chi connectivity index (χ1) is 16.5. The SMILES string of the molecule is CC1=CC(Br)(C(N)=O)NC(C(=O)c2ccccc2N2CCC3(CC2)CC3)(N2CCC(F)(F)CC2)N1. The molecule has 5 rings (SSSR count). The smallest absolute Gasteiger partial charge is 0.253 e. The van der Waals surface area contributed by atoms with E-state index in [0.29, 0.717) is 16.7 Å². The first-order valence-electron chi connectivity index (χ1n) is 12.3. The standard InChI is InChI=1S/C25H32BrF2N5O2/c1-17-16-24(26,21(29)35)31-25(30-17,33-14-10-23(27,28)11-15-33)20(34)18-4-2-3-5-19(18)32-12-8-22(6-7-22)9-13-32/h2-5,16,30-31H,6-15H2,1H3,(H2,29,35). The molecule has 2 saturated heterocycles. The van der Waals surface area contributed by atoms with Gasteiger partial charge in [-0.1, -0.05) is 28.1 Å². The van der Waals surface area contributed by atoms with E-state index in [1.807, 2.05) is 18.2 Å². The van der Waals surface area contributed by atoms with Gasteiger partial charge in [0.1, 0.15) is 0 Å². The lowest BCUT2D eigenvalue weighted by Crippen LogP contribution is -2.79. The molecular formula is C25H32BrF2N5O2. The number of piperidine rings is 2. The number of carbonyl (C=O) groups excluding carboxylic acids is 2. The molecule has 7 nitrogen and oxygen atoms in total. The summed E-state index contributed by atoms with van der Waals surface area (Å²) in [4.78, 5) is 30.8. The van der Waals surface area contributed by atoms with Crippen molar-refractivity contribution in [2.75, 3.05) is 31.1 Å². The molecule has 35 heavy (non-hydrogen) atoms. The van der Waals surface area contributed by atoms with Gasteiger partial charge in [0.15, 0.2) is 4.45 Å². The number of nitrogens with zero attached hydrogens (tertiary/aromatic N) is 2. The van der Waals surface area contributed by atoms with Crippen molar-refractivity contribution < 1.29 is 18.4 Å².